The van der Waals surface area contributed by atoms with Crippen LogP contribution >= 0.6 is 0 Å². The molecule has 0 amide bonds. The molecule has 0 aliphatic heterocycles. The van der Waals surface area contributed by atoms with E-state index in [0.717, 1.165) is 13.0 Å². The van der Waals surface area contributed by atoms with Gasteiger partial charge >= 0.3 is 0 Å². The molecule has 0 saturated heterocycles. The summed E-state index contributed by atoms with van der Waals surface area (Å²) in [5.41, 5.74) is -0.278. The molecule has 0 fully saturated rings. The number of rotatable bonds is 5. The lowest BCUT2D eigenvalue weighted by atomic mass is 10.2. The second-order valence-corrected chi connectivity index (χ2v) is 5.53. The summed E-state index contributed by atoms with van der Waals surface area (Å²) < 4.78 is 5.67. The second kappa shape index (κ2) is 6.17. The van der Waals surface area contributed by atoms with Gasteiger partial charge in [0.05, 0.1) is 12.1 Å². The van der Waals surface area contributed by atoms with Gasteiger partial charge in [-0.25, -0.2) is 0 Å². The van der Waals surface area contributed by atoms with E-state index in [1.54, 1.807) is 18.2 Å². The van der Waals surface area contributed by atoms with E-state index in [1.807, 2.05) is 14.1 Å². The Morgan fingerprint density at radius 1 is 1.26 bits per heavy atom. The number of benzene rings is 1. The highest BCUT2D eigenvalue weighted by Gasteiger charge is 2.09. The molecule has 0 aliphatic rings. The normalized spacial score (nSPS) is 11.4. The maximum Gasteiger partial charge on any atom is 0.278 e. The minimum Gasteiger partial charge on any atom is -0.493 e. The zero-order valence-electron chi connectivity index (χ0n) is 12.9. The van der Waals surface area contributed by atoms with Crippen molar-refractivity contribution in [1.29, 1.82) is 0 Å². The molecule has 2 heterocycles. The van der Waals surface area contributed by atoms with Crippen LogP contribution in [0.5, 0.6) is 5.75 Å². The summed E-state index contributed by atoms with van der Waals surface area (Å²) in [7, 11) is 4.00. The van der Waals surface area contributed by atoms with Crippen molar-refractivity contribution >= 4 is 21.9 Å². The first kappa shape index (κ1) is 15.2. The molecule has 0 saturated carbocycles. The molecule has 8 nitrogen and oxygen atoms in total. The van der Waals surface area contributed by atoms with E-state index >= 15 is 0 Å². The lowest BCUT2D eigenvalue weighted by molar-refractivity contribution is 0.282. The van der Waals surface area contributed by atoms with E-state index in [9.17, 15) is 9.59 Å². The van der Waals surface area contributed by atoms with Crippen LogP contribution in [0.3, 0.4) is 0 Å². The minimum absolute atomic E-state index is 0.000323. The van der Waals surface area contributed by atoms with Crippen molar-refractivity contribution in [3.8, 4) is 5.75 Å². The third-order valence-corrected chi connectivity index (χ3v) is 3.49. The number of ether oxygens (including phenoxy) is 1. The lowest BCUT2D eigenvalue weighted by Gasteiger charge is -2.10. The van der Waals surface area contributed by atoms with E-state index in [-0.39, 0.29) is 16.5 Å². The molecule has 2 N–H and O–H groups in total. The molecule has 0 bridgehead atoms. The van der Waals surface area contributed by atoms with Gasteiger partial charge in [0.15, 0.2) is 5.52 Å². The minimum atomic E-state index is -0.467. The Hall–Kier alpha value is -2.74. The van der Waals surface area contributed by atoms with Gasteiger partial charge in [0.1, 0.15) is 11.3 Å². The number of hydrogen-bond donors (Lipinski definition) is 2. The topological polar surface area (TPSA) is 104 Å². The summed E-state index contributed by atoms with van der Waals surface area (Å²) in [5, 5.41) is 10.0. The van der Waals surface area contributed by atoms with Crippen LogP contribution < -0.4 is 15.7 Å². The van der Waals surface area contributed by atoms with Gasteiger partial charge in [-0.1, -0.05) is 5.21 Å². The van der Waals surface area contributed by atoms with Crippen molar-refractivity contribution in [2.45, 2.75) is 6.42 Å². The number of hydrogen-bond acceptors (Lipinski definition) is 6. The van der Waals surface area contributed by atoms with Crippen LogP contribution in [0.2, 0.25) is 0 Å². The number of nitrogens with one attached hydrogen (secondary N) is 2. The van der Waals surface area contributed by atoms with Crippen molar-refractivity contribution in [3.05, 3.63) is 38.8 Å². The number of aromatic amines is 2. The summed E-state index contributed by atoms with van der Waals surface area (Å²) in [6, 6.07) is 5.00. The fourth-order valence-electron chi connectivity index (χ4n) is 2.35. The molecular weight excluding hydrogens is 298 g/mol. The zero-order chi connectivity index (χ0) is 16.4. The van der Waals surface area contributed by atoms with Crippen LogP contribution in [0.1, 0.15) is 6.42 Å². The Kier molecular flexibility index (Phi) is 4.07. The van der Waals surface area contributed by atoms with Gasteiger partial charge in [-0.3, -0.25) is 14.7 Å². The Morgan fingerprint density at radius 2 is 2.09 bits per heavy atom. The first-order chi connectivity index (χ1) is 11.1. The van der Waals surface area contributed by atoms with Crippen LogP contribution in [-0.4, -0.2) is 52.5 Å². The molecule has 0 unspecified atom stereocenters. The van der Waals surface area contributed by atoms with E-state index in [1.165, 1.54) is 0 Å². The predicted molar refractivity (Wildman–Crippen MR) is 87.0 cm³/mol. The smallest absolute Gasteiger partial charge is 0.278 e. The first-order valence-electron chi connectivity index (χ1n) is 7.25. The van der Waals surface area contributed by atoms with E-state index in [0.29, 0.717) is 23.3 Å². The molecule has 23 heavy (non-hydrogen) atoms. The second-order valence-electron chi connectivity index (χ2n) is 5.53. The third-order valence-electron chi connectivity index (χ3n) is 3.49. The van der Waals surface area contributed by atoms with Gasteiger partial charge < -0.3 is 14.6 Å². The number of nitrogens with zero attached hydrogens (tertiary/aromatic N) is 3. The Bertz CT molecular complexity index is 961. The van der Waals surface area contributed by atoms with Gasteiger partial charge in [-0.15, -0.1) is 5.10 Å². The Morgan fingerprint density at radius 3 is 2.87 bits per heavy atom. The van der Waals surface area contributed by atoms with Crippen LogP contribution in [0.25, 0.3) is 21.9 Å². The summed E-state index contributed by atoms with van der Waals surface area (Å²) in [6.07, 6.45) is 0.884. The van der Waals surface area contributed by atoms with E-state index in [4.69, 9.17) is 4.74 Å². The van der Waals surface area contributed by atoms with Crippen LogP contribution in [0.4, 0.5) is 0 Å². The molecule has 0 radical (unpaired) electrons. The molecule has 8 heteroatoms. The zero-order valence-corrected chi connectivity index (χ0v) is 12.9. The van der Waals surface area contributed by atoms with Crippen LogP contribution in [0, 0.1) is 0 Å². The van der Waals surface area contributed by atoms with Crippen LogP contribution in [0.15, 0.2) is 27.8 Å². The average Bonchev–Trinajstić information content (AvgIpc) is 2.97. The van der Waals surface area contributed by atoms with Gasteiger partial charge in [0, 0.05) is 18.0 Å². The summed E-state index contributed by atoms with van der Waals surface area (Å²) in [4.78, 5) is 29.3. The quantitative estimate of drug-likeness (QED) is 0.664. The Balaban J connectivity index is 1.99. The van der Waals surface area contributed by atoms with Crippen molar-refractivity contribution in [2.75, 3.05) is 27.2 Å². The van der Waals surface area contributed by atoms with Gasteiger partial charge in [0.25, 0.3) is 5.56 Å². The molecule has 0 atom stereocenters. The largest absolute Gasteiger partial charge is 0.493 e. The molecule has 0 aliphatic carbocycles. The Labute approximate surface area is 131 Å². The number of H-pyrrole nitrogens is 2. The maximum absolute atomic E-state index is 12.4. The third kappa shape index (κ3) is 3.07. The first-order valence-corrected chi connectivity index (χ1v) is 7.25. The van der Waals surface area contributed by atoms with Crippen molar-refractivity contribution in [2.24, 2.45) is 0 Å². The van der Waals surface area contributed by atoms with Crippen molar-refractivity contribution in [1.82, 2.24) is 25.3 Å². The highest BCUT2D eigenvalue weighted by atomic mass is 16.5. The standard InChI is InChI=1S/C15H17N5O3/c1-20(2)6-3-7-23-9-4-5-10-11(8-9)16-15(22)13-12(14(10)21)17-19-18-13/h4-5,8H,3,6-7H2,1-2H3,(H,16,22)(H,17,18,19). The van der Waals surface area contributed by atoms with Crippen molar-refractivity contribution in [3.63, 3.8) is 0 Å². The van der Waals surface area contributed by atoms with E-state index in [2.05, 4.69) is 25.3 Å². The molecule has 1 aromatic carbocycles. The lowest BCUT2D eigenvalue weighted by Crippen LogP contribution is -2.15. The molecule has 120 valence electrons. The SMILES string of the molecule is CN(C)CCCOc1ccc2c(=O)c3[nH]nnc3c(=O)[nH]c2c1. The fraction of sp³-hybridized carbons (Fsp3) is 0.333. The van der Waals surface area contributed by atoms with Crippen molar-refractivity contribution < 1.29 is 4.74 Å². The predicted octanol–water partition coefficient (Wildman–Crippen LogP) is 0.490. The average molecular weight is 315 g/mol. The highest BCUT2D eigenvalue weighted by molar-refractivity contribution is 5.87. The van der Waals surface area contributed by atoms with Gasteiger partial charge in [0.2, 0.25) is 5.43 Å². The fourth-order valence-corrected chi connectivity index (χ4v) is 2.35. The van der Waals surface area contributed by atoms with Gasteiger partial charge in [-0.05, 0) is 32.6 Å². The monoisotopic (exact) mass is 315 g/mol. The molecule has 3 aromatic rings. The molecule has 0 spiro atoms. The van der Waals surface area contributed by atoms with Gasteiger partial charge in [-0.2, -0.15) is 0 Å². The van der Waals surface area contributed by atoms with E-state index < -0.39 is 5.56 Å². The maximum atomic E-state index is 12.4. The highest BCUT2D eigenvalue weighted by Crippen LogP contribution is 2.17. The number of aromatic nitrogens is 4. The summed E-state index contributed by atoms with van der Waals surface area (Å²) in [6.45, 7) is 1.48. The summed E-state index contributed by atoms with van der Waals surface area (Å²) >= 11 is 0. The van der Waals surface area contributed by atoms with Crippen LogP contribution in [-0.2, 0) is 0 Å². The molecule has 3 rings (SSSR count). The molecular formula is C15H17N5O3. The summed E-state index contributed by atoms with van der Waals surface area (Å²) in [5.74, 6) is 0.604. The molecule has 2 aromatic heterocycles. The number of fused-ring (bicyclic) bond motifs is 2.